The highest BCUT2D eigenvalue weighted by molar-refractivity contribution is 6.07. The summed E-state index contributed by atoms with van der Waals surface area (Å²) in [5.41, 5.74) is 2.50. The molecule has 1 fully saturated rings. The molecule has 3 rings (SSSR count). The van der Waals surface area contributed by atoms with Crippen molar-refractivity contribution in [3.63, 3.8) is 0 Å². The first-order valence-electron chi connectivity index (χ1n) is 9.65. The molecule has 1 aromatic carbocycles. The number of hydrogen-bond donors (Lipinski definition) is 1. The maximum atomic E-state index is 13.3. The van der Waals surface area contributed by atoms with Crippen LogP contribution in [0.1, 0.15) is 69.2 Å². The number of Topliss-reactive ketones (excluding diaryl/α,β-unsaturated/α-hetero) is 1. The molecule has 0 unspecified atom stereocenters. The van der Waals surface area contributed by atoms with Crippen molar-refractivity contribution in [1.82, 2.24) is 9.88 Å². The number of aromatic nitrogens is 1. The number of hydrogen-bond acceptors (Lipinski definition) is 4. The number of H-pyrrole nitrogens is 1. The number of rotatable bonds is 7. The van der Waals surface area contributed by atoms with Crippen molar-refractivity contribution in [3.05, 3.63) is 58.4 Å². The van der Waals surface area contributed by atoms with E-state index in [0.717, 1.165) is 12.8 Å². The summed E-state index contributed by atoms with van der Waals surface area (Å²) in [6.45, 7) is 7.25. The average molecular weight is 382 g/mol. The Morgan fingerprint density at radius 3 is 2.39 bits per heavy atom. The van der Waals surface area contributed by atoms with Crippen molar-refractivity contribution >= 4 is 17.7 Å². The van der Waals surface area contributed by atoms with Crippen LogP contribution in [0.5, 0.6) is 0 Å². The zero-order valence-electron chi connectivity index (χ0n) is 16.7. The van der Waals surface area contributed by atoms with Gasteiger partial charge in [0, 0.05) is 22.9 Å². The first-order chi connectivity index (χ1) is 13.4. The number of aromatic amines is 1. The fourth-order valence-electron chi connectivity index (χ4n) is 3.60. The van der Waals surface area contributed by atoms with Crippen LogP contribution in [0, 0.1) is 13.8 Å². The summed E-state index contributed by atoms with van der Waals surface area (Å²) in [6.07, 6.45) is 1.80. The van der Waals surface area contributed by atoms with Gasteiger partial charge >= 0.3 is 5.97 Å². The lowest BCUT2D eigenvalue weighted by molar-refractivity contribution is 0.0518. The SMILES string of the molecule is CCOC(=O)c1[nH]c(C)c(C(=O)[C@@H](C)N(C(=O)c2ccccc2)C2CC2)c1C. The van der Waals surface area contributed by atoms with Crippen LogP contribution in [0.15, 0.2) is 30.3 Å². The monoisotopic (exact) mass is 382 g/mol. The van der Waals surface area contributed by atoms with Crippen LogP contribution in [-0.2, 0) is 4.74 Å². The van der Waals surface area contributed by atoms with E-state index in [4.69, 9.17) is 4.74 Å². The van der Waals surface area contributed by atoms with E-state index in [0.29, 0.717) is 28.1 Å². The average Bonchev–Trinajstić information content (AvgIpc) is 3.46. The van der Waals surface area contributed by atoms with E-state index < -0.39 is 12.0 Å². The number of esters is 1. The minimum atomic E-state index is -0.622. The molecule has 28 heavy (non-hydrogen) atoms. The first kappa shape index (κ1) is 19.9. The van der Waals surface area contributed by atoms with Gasteiger partial charge in [0.1, 0.15) is 5.69 Å². The van der Waals surface area contributed by atoms with Crippen LogP contribution in [0.3, 0.4) is 0 Å². The summed E-state index contributed by atoms with van der Waals surface area (Å²) in [7, 11) is 0. The van der Waals surface area contributed by atoms with E-state index in [9.17, 15) is 14.4 Å². The minimum absolute atomic E-state index is 0.0794. The molecule has 0 spiro atoms. The molecule has 1 aliphatic carbocycles. The molecule has 1 aromatic heterocycles. The smallest absolute Gasteiger partial charge is 0.355 e. The molecule has 148 valence electrons. The molecule has 0 radical (unpaired) electrons. The second kappa shape index (κ2) is 8.00. The number of benzene rings is 1. The molecular weight excluding hydrogens is 356 g/mol. The van der Waals surface area contributed by atoms with Gasteiger partial charge in [0.05, 0.1) is 12.6 Å². The molecule has 0 saturated heterocycles. The van der Waals surface area contributed by atoms with E-state index in [1.165, 1.54) is 0 Å². The van der Waals surface area contributed by atoms with Crippen molar-refractivity contribution < 1.29 is 19.1 Å². The Morgan fingerprint density at radius 1 is 1.18 bits per heavy atom. The highest BCUT2D eigenvalue weighted by Crippen LogP contribution is 2.32. The van der Waals surface area contributed by atoms with Gasteiger partial charge in [-0.15, -0.1) is 0 Å². The molecule has 2 aromatic rings. The van der Waals surface area contributed by atoms with E-state index in [-0.39, 0.29) is 24.3 Å². The zero-order chi connectivity index (χ0) is 20.4. The van der Waals surface area contributed by atoms with Gasteiger partial charge in [0.25, 0.3) is 5.91 Å². The Balaban J connectivity index is 1.91. The summed E-state index contributed by atoms with van der Waals surface area (Å²) in [5, 5.41) is 0. The van der Waals surface area contributed by atoms with E-state index in [1.807, 2.05) is 18.2 Å². The number of ether oxygens (including phenoxy) is 1. The van der Waals surface area contributed by atoms with Crippen molar-refractivity contribution in [2.75, 3.05) is 6.61 Å². The molecule has 6 nitrogen and oxygen atoms in total. The fourth-order valence-corrected chi connectivity index (χ4v) is 3.60. The Hall–Kier alpha value is -2.89. The van der Waals surface area contributed by atoms with E-state index in [2.05, 4.69) is 4.98 Å². The van der Waals surface area contributed by atoms with Gasteiger partial charge < -0.3 is 14.6 Å². The third-order valence-electron chi connectivity index (χ3n) is 5.16. The molecule has 1 atom stereocenters. The molecule has 1 saturated carbocycles. The second-order valence-electron chi connectivity index (χ2n) is 7.20. The molecular formula is C22H26N2O4. The van der Waals surface area contributed by atoms with Gasteiger partial charge in [-0.3, -0.25) is 9.59 Å². The lowest BCUT2D eigenvalue weighted by atomic mass is 9.99. The first-order valence-corrected chi connectivity index (χ1v) is 9.65. The van der Waals surface area contributed by atoms with Gasteiger partial charge in [0.15, 0.2) is 5.78 Å². The van der Waals surface area contributed by atoms with E-state index >= 15 is 0 Å². The van der Waals surface area contributed by atoms with Crippen LogP contribution in [-0.4, -0.2) is 46.2 Å². The predicted molar refractivity (Wildman–Crippen MR) is 106 cm³/mol. The Labute approximate surface area is 164 Å². The molecule has 1 amide bonds. The minimum Gasteiger partial charge on any atom is -0.461 e. The summed E-state index contributed by atoms with van der Waals surface area (Å²) in [4.78, 5) is 43.2. The third-order valence-corrected chi connectivity index (χ3v) is 5.16. The quantitative estimate of drug-likeness (QED) is 0.585. The van der Waals surface area contributed by atoms with Gasteiger partial charge in [0.2, 0.25) is 0 Å². The number of aryl methyl sites for hydroxylation is 1. The maximum Gasteiger partial charge on any atom is 0.355 e. The normalized spacial score (nSPS) is 14.4. The number of carbonyl (C=O) groups excluding carboxylic acids is 3. The van der Waals surface area contributed by atoms with Crippen molar-refractivity contribution in [1.29, 1.82) is 0 Å². The standard InChI is InChI=1S/C22H26N2O4/c1-5-28-22(27)19-13(2)18(14(3)23-19)20(25)15(4)24(17-11-12-17)21(26)16-9-7-6-8-10-16/h6-10,15,17,23H,5,11-12H2,1-4H3/t15-/m1/s1. The van der Waals surface area contributed by atoms with Gasteiger partial charge in [-0.2, -0.15) is 0 Å². The van der Waals surface area contributed by atoms with Crippen molar-refractivity contribution in [2.24, 2.45) is 0 Å². The maximum absolute atomic E-state index is 13.3. The number of nitrogens with one attached hydrogen (secondary N) is 1. The van der Waals surface area contributed by atoms with Crippen molar-refractivity contribution in [2.45, 2.75) is 52.6 Å². The highest BCUT2D eigenvalue weighted by atomic mass is 16.5. The van der Waals surface area contributed by atoms with Gasteiger partial charge in [-0.25, -0.2) is 4.79 Å². The van der Waals surface area contributed by atoms with Crippen LogP contribution in [0.2, 0.25) is 0 Å². The fraction of sp³-hybridized carbons (Fsp3) is 0.409. The lowest BCUT2D eigenvalue weighted by Crippen LogP contribution is -2.45. The molecule has 1 aliphatic rings. The predicted octanol–water partition coefficient (Wildman–Crippen LogP) is 3.68. The summed E-state index contributed by atoms with van der Waals surface area (Å²) in [6, 6.07) is 8.48. The topological polar surface area (TPSA) is 79.5 Å². The second-order valence-corrected chi connectivity index (χ2v) is 7.20. The summed E-state index contributed by atoms with van der Waals surface area (Å²) >= 11 is 0. The van der Waals surface area contributed by atoms with Gasteiger partial charge in [-0.05, 0) is 58.2 Å². The number of carbonyl (C=O) groups is 3. The Bertz CT molecular complexity index is 897. The van der Waals surface area contributed by atoms with Crippen LogP contribution in [0.25, 0.3) is 0 Å². The number of amides is 1. The van der Waals surface area contributed by atoms with Crippen LogP contribution < -0.4 is 0 Å². The van der Waals surface area contributed by atoms with Gasteiger partial charge in [-0.1, -0.05) is 18.2 Å². The third kappa shape index (κ3) is 3.72. The highest BCUT2D eigenvalue weighted by Gasteiger charge is 2.40. The molecule has 1 N–H and O–H groups in total. The molecule has 0 aliphatic heterocycles. The van der Waals surface area contributed by atoms with Crippen LogP contribution >= 0.6 is 0 Å². The molecule has 0 bridgehead atoms. The summed E-state index contributed by atoms with van der Waals surface area (Å²) in [5.74, 6) is -0.785. The number of ketones is 1. The molecule has 1 heterocycles. The molecule has 6 heteroatoms. The summed E-state index contributed by atoms with van der Waals surface area (Å²) < 4.78 is 5.06. The van der Waals surface area contributed by atoms with Crippen LogP contribution in [0.4, 0.5) is 0 Å². The zero-order valence-corrected chi connectivity index (χ0v) is 16.7. The Kier molecular flexibility index (Phi) is 5.68. The van der Waals surface area contributed by atoms with Crippen molar-refractivity contribution in [3.8, 4) is 0 Å². The largest absolute Gasteiger partial charge is 0.461 e. The number of nitrogens with zero attached hydrogens (tertiary/aromatic N) is 1. The lowest BCUT2D eigenvalue weighted by Gasteiger charge is -2.29. The van der Waals surface area contributed by atoms with E-state index in [1.54, 1.807) is 44.7 Å². The Morgan fingerprint density at radius 2 is 1.82 bits per heavy atom.